The number of likely N-dealkylation sites (tertiary alicyclic amines) is 1. The fraction of sp³-hybridized carbons (Fsp3) is 0.385. The molecule has 0 unspecified atom stereocenters. The number of halogens is 4. The van der Waals surface area contributed by atoms with Crippen LogP contribution in [0.2, 0.25) is 0 Å². The largest absolute Gasteiger partial charge is 0.480 e. The Bertz CT molecular complexity index is 585. The molecule has 1 aliphatic rings. The molecule has 0 spiro atoms. The Kier molecular flexibility index (Phi) is 3.89. The van der Waals surface area contributed by atoms with E-state index in [9.17, 15) is 27.2 Å². The van der Waals surface area contributed by atoms with Gasteiger partial charge in [-0.1, -0.05) is 0 Å². The summed E-state index contributed by atoms with van der Waals surface area (Å²) in [6, 6.07) is 0.405. The molecule has 0 aromatic heterocycles. The number of hydrogen-bond donors (Lipinski definition) is 1. The van der Waals surface area contributed by atoms with Crippen LogP contribution in [-0.2, 0) is 11.0 Å². The molecule has 1 aliphatic heterocycles. The van der Waals surface area contributed by atoms with Crippen molar-refractivity contribution in [2.24, 2.45) is 0 Å². The molecule has 0 aliphatic carbocycles. The first-order valence-corrected chi connectivity index (χ1v) is 6.11. The maximum atomic E-state index is 13.3. The molecular weight excluding hydrogens is 294 g/mol. The fourth-order valence-electron chi connectivity index (χ4n) is 2.31. The second kappa shape index (κ2) is 5.34. The van der Waals surface area contributed by atoms with E-state index in [1.807, 2.05) is 0 Å². The molecule has 8 heteroatoms. The first-order valence-electron chi connectivity index (χ1n) is 6.11. The quantitative estimate of drug-likeness (QED) is 0.854. The van der Waals surface area contributed by atoms with Gasteiger partial charge in [-0.25, -0.2) is 9.18 Å². The highest BCUT2D eigenvalue weighted by Crippen LogP contribution is 2.31. The van der Waals surface area contributed by atoms with Crippen molar-refractivity contribution in [3.05, 3.63) is 35.1 Å². The second-order valence-electron chi connectivity index (χ2n) is 4.72. The summed E-state index contributed by atoms with van der Waals surface area (Å²) >= 11 is 0. The van der Waals surface area contributed by atoms with Crippen LogP contribution in [0.1, 0.15) is 28.8 Å². The van der Waals surface area contributed by atoms with Gasteiger partial charge in [0.1, 0.15) is 11.9 Å². The fourth-order valence-corrected chi connectivity index (χ4v) is 2.31. The number of hydrogen-bond acceptors (Lipinski definition) is 2. The summed E-state index contributed by atoms with van der Waals surface area (Å²) in [6.07, 6.45) is -4.12. The molecule has 1 N–H and O–H groups in total. The third-order valence-electron chi connectivity index (χ3n) is 3.27. The highest BCUT2D eigenvalue weighted by atomic mass is 19.4. The highest BCUT2D eigenvalue weighted by Gasteiger charge is 2.36. The van der Waals surface area contributed by atoms with Gasteiger partial charge in [-0.3, -0.25) is 4.79 Å². The Labute approximate surface area is 117 Å². The van der Waals surface area contributed by atoms with Gasteiger partial charge in [-0.05, 0) is 31.0 Å². The lowest BCUT2D eigenvalue weighted by Crippen LogP contribution is -2.40. The molecule has 114 valence electrons. The average Bonchev–Trinajstić information content (AvgIpc) is 2.85. The SMILES string of the molecule is O=C(O)[C@H]1CCCN1C(=O)c1cc(F)cc(C(F)(F)F)c1. The minimum Gasteiger partial charge on any atom is -0.480 e. The van der Waals surface area contributed by atoms with Gasteiger partial charge in [0.05, 0.1) is 5.56 Å². The third-order valence-corrected chi connectivity index (χ3v) is 3.27. The average molecular weight is 305 g/mol. The maximum Gasteiger partial charge on any atom is 0.416 e. The van der Waals surface area contributed by atoms with Gasteiger partial charge in [-0.2, -0.15) is 13.2 Å². The number of alkyl halides is 3. The predicted molar refractivity (Wildman–Crippen MR) is 63.1 cm³/mol. The van der Waals surface area contributed by atoms with E-state index < -0.39 is 41.0 Å². The standard InChI is InChI=1S/C13H11F4NO3/c14-9-5-7(4-8(6-9)13(15,16)17)11(19)18-3-1-2-10(18)12(20)21/h4-6,10H,1-3H2,(H,20,21)/t10-/m1/s1. The van der Waals surface area contributed by atoms with Crippen molar-refractivity contribution in [3.63, 3.8) is 0 Å². The van der Waals surface area contributed by atoms with Crippen molar-refractivity contribution in [2.45, 2.75) is 25.1 Å². The van der Waals surface area contributed by atoms with E-state index in [2.05, 4.69) is 0 Å². The Morgan fingerprint density at radius 2 is 1.90 bits per heavy atom. The molecule has 1 atom stereocenters. The zero-order chi connectivity index (χ0) is 15.8. The normalized spacial score (nSPS) is 18.9. The summed E-state index contributed by atoms with van der Waals surface area (Å²) in [5.74, 6) is -3.34. The lowest BCUT2D eigenvalue weighted by atomic mass is 10.1. The van der Waals surface area contributed by atoms with Crippen LogP contribution in [0.5, 0.6) is 0 Å². The van der Waals surface area contributed by atoms with E-state index >= 15 is 0 Å². The lowest BCUT2D eigenvalue weighted by Gasteiger charge is -2.22. The van der Waals surface area contributed by atoms with E-state index in [0.717, 1.165) is 4.90 Å². The summed E-state index contributed by atoms with van der Waals surface area (Å²) < 4.78 is 51.1. The van der Waals surface area contributed by atoms with Crippen LogP contribution >= 0.6 is 0 Å². The van der Waals surface area contributed by atoms with Crippen molar-refractivity contribution >= 4 is 11.9 Å². The summed E-state index contributed by atoms with van der Waals surface area (Å²) in [5.41, 5.74) is -1.78. The minimum absolute atomic E-state index is 0.119. The summed E-state index contributed by atoms with van der Waals surface area (Å²) in [6.45, 7) is 0.119. The van der Waals surface area contributed by atoms with Gasteiger partial charge in [0.25, 0.3) is 5.91 Å². The van der Waals surface area contributed by atoms with E-state index in [4.69, 9.17) is 5.11 Å². The van der Waals surface area contributed by atoms with Gasteiger partial charge in [0, 0.05) is 12.1 Å². The number of aliphatic carboxylic acids is 1. The Balaban J connectivity index is 2.35. The number of benzene rings is 1. The molecular formula is C13H11F4NO3. The topological polar surface area (TPSA) is 57.6 Å². The number of nitrogens with zero attached hydrogens (tertiary/aromatic N) is 1. The summed E-state index contributed by atoms with van der Waals surface area (Å²) in [5, 5.41) is 8.97. The third kappa shape index (κ3) is 3.14. The molecule has 21 heavy (non-hydrogen) atoms. The first kappa shape index (κ1) is 15.3. The van der Waals surface area contributed by atoms with Crippen molar-refractivity contribution < 1.29 is 32.3 Å². The second-order valence-corrected chi connectivity index (χ2v) is 4.72. The van der Waals surface area contributed by atoms with Crippen LogP contribution in [-0.4, -0.2) is 34.5 Å². The summed E-state index contributed by atoms with van der Waals surface area (Å²) in [4.78, 5) is 24.1. The van der Waals surface area contributed by atoms with Crippen LogP contribution in [0.15, 0.2) is 18.2 Å². The minimum atomic E-state index is -4.78. The Morgan fingerprint density at radius 1 is 1.24 bits per heavy atom. The van der Waals surface area contributed by atoms with Crippen molar-refractivity contribution in [3.8, 4) is 0 Å². The van der Waals surface area contributed by atoms with Gasteiger partial charge in [0.15, 0.2) is 0 Å². The zero-order valence-corrected chi connectivity index (χ0v) is 10.7. The van der Waals surface area contributed by atoms with Crippen LogP contribution < -0.4 is 0 Å². The molecule has 4 nitrogen and oxygen atoms in total. The Morgan fingerprint density at radius 3 is 2.48 bits per heavy atom. The number of carboxylic acid groups (broad SMARTS) is 1. The van der Waals surface area contributed by atoms with Crippen LogP contribution in [0.3, 0.4) is 0 Å². The monoisotopic (exact) mass is 305 g/mol. The van der Waals surface area contributed by atoms with Gasteiger partial charge < -0.3 is 10.0 Å². The van der Waals surface area contributed by atoms with E-state index in [1.165, 1.54) is 0 Å². The highest BCUT2D eigenvalue weighted by molar-refractivity contribution is 5.97. The van der Waals surface area contributed by atoms with Gasteiger partial charge >= 0.3 is 12.1 Å². The number of rotatable bonds is 2. The molecule has 1 aromatic rings. The molecule has 0 bridgehead atoms. The molecule has 1 aromatic carbocycles. The maximum absolute atomic E-state index is 13.3. The molecule has 1 heterocycles. The van der Waals surface area contributed by atoms with Crippen LogP contribution in [0.25, 0.3) is 0 Å². The van der Waals surface area contributed by atoms with Crippen molar-refractivity contribution in [2.75, 3.05) is 6.54 Å². The first-order chi connectivity index (χ1) is 9.70. The van der Waals surface area contributed by atoms with E-state index in [-0.39, 0.29) is 19.0 Å². The van der Waals surface area contributed by atoms with Gasteiger partial charge in [0.2, 0.25) is 0 Å². The molecule has 2 rings (SSSR count). The summed E-state index contributed by atoms with van der Waals surface area (Å²) in [7, 11) is 0. The van der Waals surface area contributed by atoms with E-state index in [1.54, 1.807) is 0 Å². The number of amides is 1. The van der Waals surface area contributed by atoms with E-state index in [0.29, 0.717) is 18.6 Å². The molecule has 1 saturated heterocycles. The van der Waals surface area contributed by atoms with Crippen molar-refractivity contribution in [1.82, 2.24) is 4.90 Å². The zero-order valence-electron chi connectivity index (χ0n) is 10.7. The molecule has 0 saturated carbocycles. The molecule has 1 fully saturated rings. The lowest BCUT2D eigenvalue weighted by molar-refractivity contribution is -0.141. The van der Waals surface area contributed by atoms with Gasteiger partial charge in [-0.15, -0.1) is 0 Å². The molecule has 1 amide bonds. The number of carboxylic acids is 1. The smallest absolute Gasteiger partial charge is 0.416 e. The Hall–Kier alpha value is -2.12. The van der Waals surface area contributed by atoms with Crippen molar-refractivity contribution in [1.29, 1.82) is 0 Å². The van der Waals surface area contributed by atoms with Crippen LogP contribution in [0.4, 0.5) is 17.6 Å². The molecule has 0 radical (unpaired) electrons. The van der Waals surface area contributed by atoms with Crippen LogP contribution in [0, 0.1) is 5.82 Å². The number of carbonyl (C=O) groups excluding carboxylic acids is 1. The number of carbonyl (C=O) groups is 2. The predicted octanol–water partition coefficient (Wildman–Crippen LogP) is 2.53.